The molecule has 122 valence electrons. The Morgan fingerprint density at radius 3 is 2.30 bits per heavy atom. The number of benzene rings is 2. The van der Waals surface area contributed by atoms with Crippen LogP contribution in [0.25, 0.3) is 0 Å². The van der Waals surface area contributed by atoms with E-state index >= 15 is 0 Å². The highest BCUT2D eigenvalue weighted by Gasteiger charge is 2.10. The summed E-state index contributed by atoms with van der Waals surface area (Å²) in [4.78, 5) is 12.4. The van der Waals surface area contributed by atoms with E-state index in [9.17, 15) is 4.79 Å². The van der Waals surface area contributed by atoms with Crippen molar-refractivity contribution in [2.75, 3.05) is 17.7 Å². The molecule has 0 spiro atoms. The Kier molecular flexibility index (Phi) is 5.63. The highest BCUT2D eigenvalue weighted by Crippen LogP contribution is 2.24. The van der Waals surface area contributed by atoms with Crippen molar-refractivity contribution in [1.82, 2.24) is 0 Å². The first-order valence-corrected chi connectivity index (χ1v) is 7.92. The molecule has 0 unspecified atom stereocenters. The van der Waals surface area contributed by atoms with Crippen LogP contribution in [0.2, 0.25) is 0 Å². The summed E-state index contributed by atoms with van der Waals surface area (Å²) >= 11 is 0. The minimum absolute atomic E-state index is 0.138. The largest absolute Gasteiger partial charge is 0.494 e. The van der Waals surface area contributed by atoms with Gasteiger partial charge < -0.3 is 15.8 Å². The van der Waals surface area contributed by atoms with Gasteiger partial charge in [-0.25, -0.2) is 0 Å². The number of ether oxygens (including phenoxy) is 1. The maximum atomic E-state index is 12.4. The topological polar surface area (TPSA) is 64.3 Å². The minimum Gasteiger partial charge on any atom is -0.494 e. The van der Waals surface area contributed by atoms with Crippen molar-refractivity contribution in [3.05, 3.63) is 53.1 Å². The van der Waals surface area contributed by atoms with E-state index in [1.54, 1.807) is 12.1 Å². The molecule has 0 bridgehead atoms. The van der Waals surface area contributed by atoms with Crippen LogP contribution in [0.1, 0.15) is 41.3 Å². The maximum absolute atomic E-state index is 12.4. The number of carbonyl (C=O) groups is 1. The van der Waals surface area contributed by atoms with E-state index in [0.29, 0.717) is 17.9 Å². The zero-order valence-electron chi connectivity index (χ0n) is 14.0. The number of nitrogen functional groups attached to an aromatic ring is 1. The summed E-state index contributed by atoms with van der Waals surface area (Å²) in [7, 11) is 0. The van der Waals surface area contributed by atoms with Crippen LogP contribution in [-0.4, -0.2) is 12.5 Å². The number of nitrogens with one attached hydrogen (secondary N) is 1. The molecule has 2 aromatic rings. The van der Waals surface area contributed by atoms with Crippen molar-refractivity contribution >= 4 is 17.3 Å². The molecule has 1 amide bonds. The van der Waals surface area contributed by atoms with Crippen molar-refractivity contribution in [1.29, 1.82) is 0 Å². The van der Waals surface area contributed by atoms with Crippen molar-refractivity contribution in [3.8, 4) is 5.75 Å². The van der Waals surface area contributed by atoms with E-state index in [1.807, 2.05) is 38.1 Å². The second kappa shape index (κ2) is 7.68. The number of hydrogen-bond donors (Lipinski definition) is 2. The second-order valence-corrected chi connectivity index (χ2v) is 5.71. The number of nitrogens with two attached hydrogens (primary N) is 1. The number of amides is 1. The number of aryl methyl sites for hydroxylation is 2. The maximum Gasteiger partial charge on any atom is 0.255 e. The van der Waals surface area contributed by atoms with Gasteiger partial charge in [0.1, 0.15) is 5.75 Å². The summed E-state index contributed by atoms with van der Waals surface area (Å²) in [5, 5.41) is 2.96. The molecule has 4 nitrogen and oxygen atoms in total. The highest BCUT2D eigenvalue weighted by molar-refractivity contribution is 6.05. The van der Waals surface area contributed by atoms with E-state index in [0.717, 1.165) is 35.4 Å². The normalized spacial score (nSPS) is 10.4. The van der Waals surface area contributed by atoms with E-state index in [-0.39, 0.29) is 5.91 Å². The van der Waals surface area contributed by atoms with E-state index in [1.165, 1.54) is 0 Å². The Balaban J connectivity index is 2.06. The van der Waals surface area contributed by atoms with Gasteiger partial charge in [0.15, 0.2) is 0 Å². The average molecular weight is 312 g/mol. The molecule has 0 aliphatic rings. The molecular weight excluding hydrogens is 288 g/mol. The van der Waals surface area contributed by atoms with Gasteiger partial charge in [0, 0.05) is 16.9 Å². The number of rotatable bonds is 6. The third-order valence-electron chi connectivity index (χ3n) is 3.68. The van der Waals surface area contributed by atoms with Crippen LogP contribution in [0.3, 0.4) is 0 Å². The Morgan fingerprint density at radius 1 is 1.13 bits per heavy atom. The Morgan fingerprint density at radius 2 is 1.74 bits per heavy atom. The van der Waals surface area contributed by atoms with Crippen LogP contribution in [-0.2, 0) is 0 Å². The molecule has 0 aliphatic heterocycles. The lowest BCUT2D eigenvalue weighted by Crippen LogP contribution is -2.14. The molecule has 0 saturated heterocycles. The van der Waals surface area contributed by atoms with Gasteiger partial charge in [-0.05, 0) is 67.8 Å². The average Bonchev–Trinajstić information content (AvgIpc) is 2.51. The Bertz CT molecular complexity index is 655. The molecular formula is C19H24N2O2. The zero-order chi connectivity index (χ0) is 16.8. The zero-order valence-corrected chi connectivity index (χ0v) is 14.0. The lowest BCUT2D eigenvalue weighted by molar-refractivity contribution is 0.102. The third-order valence-corrected chi connectivity index (χ3v) is 3.68. The standard InChI is InChI=1S/C19H24N2O2/c1-4-5-10-23-17-8-6-15(7-9-17)19(22)21-18-13(2)11-16(20)12-14(18)3/h6-9,11-12H,4-5,10,20H2,1-3H3,(H,21,22). The summed E-state index contributed by atoms with van der Waals surface area (Å²) in [5.74, 6) is 0.649. The first kappa shape index (κ1) is 16.9. The summed E-state index contributed by atoms with van der Waals surface area (Å²) in [6.45, 7) is 6.69. The lowest BCUT2D eigenvalue weighted by atomic mass is 10.1. The van der Waals surface area contributed by atoms with E-state index < -0.39 is 0 Å². The predicted molar refractivity (Wildman–Crippen MR) is 95.1 cm³/mol. The number of carbonyl (C=O) groups excluding carboxylic acids is 1. The van der Waals surface area contributed by atoms with E-state index in [4.69, 9.17) is 10.5 Å². The van der Waals surface area contributed by atoms with Gasteiger partial charge >= 0.3 is 0 Å². The quantitative estimate of drug-likeness (QED) is 0.617. The van der Waals surface area contributed by atoms with Gasteiger partial charge in [0.25, 0.3) is 5.91 Å². The fourth-order valence-electron chi connectivity index (χ4n) is 2.42. The molecule has 2 rings (SSSR count). The van der Waals surface area contributed by atoms with Gasteiger partial charge in [0.05, 0.1) is 6.61 Å². The molecule has 0 radical (unpaired) electrons. The van der Waals surface area contributed by atoms with Crippen molar-refractivity contribution in [2.45, 2.75) is 33.6 Å². The van der Waals surface area contributed by atoms with Gasteiger partial charge in [-0.1, -0.05) is 13.3 Å². The number of anilines is 2. The molecule has 0 fully saturated rings. The smallest absolute Gasteiger partial charge is 0.255 e. The molecule has 0 saturated carbocycles. The van der Waals surface area contributed by atoms with Crippen LogP contribution >= 0.6 is 0 Å². The third kappa shape index (κ3) is 4.49. The molecule has 3 N–H and O–H groups in total. The predicted octanol–water partition coefficient (Wildman–Crippen LogP) is 4.32. The van der Waals surface area contributed by atoms with Gasteiger partial charge in [-0.2, -0.15) is 0 Å². The number of unbranched alkanes of at least 4 members (excludes halogenated alkanes) is 1. The first-order chi connectivity index (χ1) is 11.0. The van der Waals surface area contributed by atoms with Gasteiger partial charge in [-0.15, -0.1) is 0 Å². The van der Waals surface area contributed by atoms with Crippen LogP contribution < -0.4 is 15.8 Å². The van der Waals surface area contributed by atoms with Crippen molar-refractivity contribution < 1.29 is 9.53 Å². The Labute approximate surface area is 137 Å². The molecule has 0 aliphatic carbocycles. The summed E-state index contributed by atoms with van der Waals surface area (Å²) in [5.41, 5.74) is 9.83. The fraction of sp³-hybridized carbons (Fsp3) is 0.316. The molecule has 0 atom stereocenters. The van der Waals surface area contributed by atoms with E-state index in [2.05, 4.69) is 12.2 Å². The van der Waals surface area contributed by atoms with Crippen molar-refractivity contribution in [3.63, 3.8) is 0 Å². The molecule has 23 heavy (non-hydrogen) atoms. The Hall–Kier alpha value is -2.49. The van der Waals surface area contributed by atoms with Gasteiger partial charge in [0.2, 0.25) is 0 Å². The lowest BCUT2D eigenvalue weighted by Gasteiger charge is -2.13. The summed E-state index contributed by atoms with van der Waals surface area (Å²) < 4.78 is 5.61. The van der Waals surface area contributed by atoms with Crippen LogP contribution in [0.5, 0.6) is 5.75 Å². The molecule has 4 heteroatoms. The summed E-state index contributed by atoms with van der Waals surface area (Å²) in [6, 6.07) is 10.9. The molecule has 0 aromatic heterocycles. The second-order valence-electron chi connectivity index (χ2n) is 5.71. The highest BCUT2D eigenvalue weighted by atomic mass is 16.5. The first-order valence-electron chi connectivity index (χ1n) is 7.92. The fourth-order valence-corrected chi connectivity index (χ4v) is 2.42. The number of hydrogen-bond acceptors (Lipinski definition) is 3. The molecule has 0 heterocycles. The van der Waals surface area contributed by atoms with Crippen LogP contribution in [0.15, 0.2) is 36.4 Å². The summed E-state index contributed by atoms with van der Waals surface area (Å²) in [6.07, 6.45) is 2.12. The molecule has 2 aromatic carbocycles. The van der Waals surface area contributed by atoms with Crippen LogP contribution in [0, 0.1) is 13.8 Å². The van der Waals surface area contributed by atoms with Crippen molar-refractivity contribution in [2.24, 2.45) is 0 Å². The van der Waals surface area contributed by atoms with Crippen LogP contribution in [0.4, 0.5) is 11.4 Å². The monoisotopic (exact) mass is 312 g/mol. The van der Waals surface area contributed by atoms with Gasteiger partial charge in [-0.3, -0.25) is 4.79 Å². The SMILES string of the molecule is CCCCOc1ccc(C(=O)Nc2c(C)cc(N)cc2C)cc1. The minimum atomic E-state index is -0.138.